The van der Waals surface area contributed by atoms with Crippen LogP contribution in [0.3, 0.4) is 0 Å². The third kappa shape index (κ3) is 3.25. The molecule has 1 aliphatic heterocycles. The molecule has 1 aromatic rings. The van der Waals surface area contributed by atoms with Gasteiger partial charge in [-0.1, -0.05) is 43.7 Å². The molecular formula is C15H21NO2. The fraction of sp³-hybridized carbons (Fsp3) is 0.533. The van der Waals surface area contributed by atoms with Crippen molar-refractivity contribution in [3.05, 3.63) is 35.9 Å². The van der Waals surface area contributed by atoms with Gasteiger partial charge in [0.1, 0.15) is 0 Å². The maximum atomic E-state index is 11.8. The van der Waals surface area contributed by atoms with Crippen LogP contribution in [0.4, 0.5) is 4.79 Å². The van der Waals surface area contributed by atoms with E-state index in [0.717, 1.165) is 32.4 Å². The minimum Gasteiger partial charge on any atom is -0.449 e. The average molecular weight is 247 g/mol. The van der Waals surface area contributed by atoms with Gasteiger partial charge in [0.25, 0.3) is 0 Å². The average Bonchev–Trinajstić information content (AvgIpc) is 2.89. The van der Waals surface area contributed by atoms with Crippen LogP contribution >= 0.6 is 0 Å². The molecule has 1 atom stereocenters. The Bertz CT molecular complexity index is 377. The Morgan fingerprint density at radius 2 is 2.17 bits per heavy atom. The first-order valence-corrected chi connectivity index (χ1v) is 6.78. The lowest BCUT2D eigenvalue weighted by molar-refractivity contribution is 0.109. The molecule has 1 unspecified atom stereocenters. The van der Waals surface area contributed by atoms with E-state index >= 15 is 0 Å². The topological polar surface area (TPSA) is 29.5 Å². The van der Waals surface area contributed by atoms with Gasteiger partial charge in [-0.15, -0.1) is 0 Å². The summed E-state index contributed by atoms with van der Waals surface area (Å²) in [6.07, 6.45) is 2.89. The van der Waals surface area contributed by atoms with E-state index in [1.165, 1.54) is 5.56 Å². The van der Waals surface area contributed by atoms with Gasteiger partial charge < -0.3 is 9.64 Å². The first-order chi connectivity index (χ1) is 8.81. The molecule has 0 bridgehead atoms. The lowest BCUT2D eigenvalue weighted by Gasteiger charge is -2.16. The van der Waals surface area contributed by atoms with Crippen molar-refractivity contribution in [2.75, 3.05) is 19.7 Å². The summed E-state index contributed by atoms with van der Waals surface area (Å²) in [6, 6.07) is 10.4. The van der Waals surface area contributed by atoms with Gasteiger partial charge in [0.2, 0.25) is 0 Å². The minimum absolute atomic E-state index is 0.151. The van der Waals surface area contributed by atoms with Crippen molar-refractivity contribution < 1.29 is 9.53 Å². The largest absolute Gasteiger partial charge is 0.449 e. The molecule has 1 fully saturated rings. The molecule has 0 saturated carbocycles. The summed E-state index contributed by atoms with van der Waals surface area (Å²) in [7, 11) is 0. The van der Waals surface area contributed by atoms with E-state index in [2.05, 4.69) is 31.2 Å². The van der Waals surface area contributed by atoms with E-state index in [0.29, 0.717) is 12.5 Å². The Labute approximate surface area is 109 Å². The van der Waals surface area contributed by atoms with Crippen molar-refractivity contribution in [2.45, 2.75) is 32.1 Å². The van der Waals surface area contributed by atoms with Gasteiger partial charge in [-0.3, -0.25) is 0 Å². The number of ether oxygens (including phenoxy) is 1. The maximum Gasteiger partial charge on any atom is 0.409 e. The van der Waals surface area contributed by atoms with E-state index in [9.17, 15) is 4.79 Å². The van der Waals surface area contributed by atoms with Crippen molar-refractivity contribution >= 4 is 6.09 Å². The predicted molar refractivity (Wildman–Crippen MR) is 71.6 cm³/mol. The first kappa shape index (κ1) is 12.9. The van der Waals surface area contributed by atoms with Crippen molar-refractivity contribution in [2.24, 2.45) is 0 Å². The van der Waals surface area contributed by atoms with Gasteiger partial charge in [-0.2, -0.15) is 0 Å². The SMILES string of the molecule is CCCCOC(=O)N1CCC(c2ccccc2)C1. The smallest absolute Gasteiger partial charge is 0.409 e. The van der Waals surface area contributed by atoms with E-state index in [4.69, 9.17) is 4.74 Å². The van der Waals surface area contributed by atoms with Crippen LogP contribution in [0, 0.1) is 0 Å². The second-order valence-electron chi connectivity index (χ2n) is 4.81. The summed E-state index contributed by atoms with van der Waals surface area (Å²) in [4.78, 5) is 13.6. The third-order valence-electron chi connectivity index (χ3n) is 3.44. The van der Waals surface area contributed by atoms with E-state index in [1.807, 2.05) is 11.0 Å². The maximum absolute atomic E-state index is 11.8. The Hall–Kier alpha value is -1.51. The molecule has 3 nitrogen and oxygen atoms in total. The lowest BCUT2D eigenvalue weighted by Crippen LogP contribution is -2.29. The summed E-state index contributed by atoms with van der Waals surface area (Å²) in [5, 5.41) is 0. The standard InChI is InChI=1S/C15H21NO2/c1-2-3-11-18-15(17)16-10-9-14(12-16)13-7-5-4-6-8-13/h4-8,14H,2-3,9-12H2,1H3. The summed E-state index contributed by atoms with van der Waals surface area (Å²) >= 11 is 0. The second-order valence-corrected chi connectivity index (χ2v) is 4.81. The van der Waals surface area contributed by atoms with Gasteiger partial charge in [0.15, 0.2) is 0 Å². The van der Waals surface area contributed by atoms with Crippen molar-refractivity contribution in [3.8, 4) is 0 Å². The van der Waals surface area contributed by atoms with Crippen molar-refractivity contribution in [1.82, 2.24) is 4.90 Å². The Morgan fingerprint density at radius 1 is 1.39 bits per heavy atom. The van der Waals surface area contributed by atoms with Crippen molar-refractivity contribution in [3.63, 3.8) is 0 Å². The van der Waals surface area contributed by atoms with E-state index < -0.39 is 0 Å². The monoisotopic (exact) mass is 247 g/mol. The molecule has 0 spiro atoms. The third-order valence-corrected chi connectivity index (χ3v) is 3.44. The number of unbranched alkanes of at least 4 members (excludes halogenated alkanes) is 1. The normalized spacial score (nSPS) is 18.9. The molecule has 0 aromatic heterocycles. The Morgan fingerprint density at radius 3 is 2.89 bits per heavy atom. The quantitative estimate of drug-likeness (QED) is 0.763. The number of rotatable bonds is 4. The van der Waals surface area contributed by atoms with E-state index in [-0.39, 0.29) is 6.09 Å². The molecule has 0 aliphatic carbocycles. The summed E-state index contributed by atoms with van der Waals surface area (Å²) in [5.41, 5.74) is 1.32. The van der Waals surface area contributed by atoms with Crippen LogP contribution in [-0.4, -0.2) is 30.7 Å². The number of hydrogen-bond acceptors (Lipinski definition) is 2. The van der Waals surface area contributed by atoms with Crippen LogP contribution in [-0.2, 0) is 4.74 Å². The number of benzene rings is 1. The van der Waals surface area contributed by atoms with Crippen LogP contribution in [0.15, 0.2) is 30.3 Å². The molecule has 1 aliphatic rings. The number of carbonyl (C=O) groups excluding carboxylic acids is 1. The Kier molecular flexibility index (Phi) is 4.62. The van der Waals surface area contributed by atoms with Crippen LogP contribution in [0.1, 0.15) is 37.7 Å². The highest BCUT2D eigenvalue weighted by Gasteiger charge is 2.27. The fourth-order valence-corrected chi connectivity index (χ4v) is 2.32. The molecule has 1 aromatic carbocycles. The van der Waals surface area contributed by atoms with Gasteiger partial charge in [0, 0.05) is 19.0 Å². The van der Waals surface area contributed by atoms with Gasteiger partial charge >= 0.3 is 6.09 Å². The second kappa shape index (κ2) is 6.43. The van der Waals surface area contributed by atoms with Crippen LogP contribution in [0.25, 0.3) is 0 Å². The van der Waals surface area contributed by atoms with E-state index in [1.54, 1.807) is 0 Å². The highest BCUT2D eigenvalue weighted by Crippen LogP contribution is 2.27. The fourth-order valence-electron chi connectivity index (χ4n) is 2.32. The molecule has 2 rings (SSSR count). The molecule has 1 saturated heterocycles. The molecule has 0 radical (unpaired) electrons. The highest BCUT2D eigenvalue weighted by molar-refractivity contribution is 5.68. The number of nitrogens with zero attached hydrogens (tertiary/aromatic N) is 1. The zero-order valence-electron chi connectivity index (χ0n) is 11.0. The Balaban J connectivity index is 1.83. The van der Waals surface area contributed by atoms with Gasteiger partial charge in [-0.25, -0.2) is 4.79 Å². The number of likely N-dealkylation sites (tertiary alicyclic amines) is 1. The minimum atomic E-state index is -0.151. The number of carbonyl (C=O) groups is 1. The van der Waals surface area contributed by atoms with Crippen LogP contribution in [0.2, 0.25) is 0 Å². The van der Waals surface area contributed by atoms with Gasteiger partial charge in [-0.05, 0) is 18.4 Å². The molecule has 98 valence electrons. The summed E-state index contributed by atoms with van der Waals surface area (Å²) in [6.45, 7) is 4.23. The molecule has 3 heteroatoms. The van der Waals surface area contributed by atoms with Gasteiger partial charge in [0.05, 0.1) is 6.61 Å². The summed E-state index contributed by atoms with van der Waals surface area (Å²) < 4.78 is 5.24. The molecule has 1 amide bonds. The first-order valence-electron chi connectivity index (χ1n) is 6.78. The predicted octanol–water partition coefficient (Wildman–Crippen LogP) is 3.41. The zero-order chi connectivity index (χ0) is 12.8. The van der Waals surface area contributed by atoms with Crippen molar-refractivity contribution in [1.29, 1.82) is 0 Å². The molecule has 1 heterocycles. The number of amides is 1. The lowest BCUT2D eigenvalue weighted by atomic mass is 9.99. The zero-order valence-corrected chi connectivity index (χ0v) is 11.0. The molecular weight excluding hydrogens is 226 g/mol. The molecule has 18 heavy (non-hydrogen) atoms. The number of hydrogen-bond donors (Lipinski definition) is 0. The van der Waals surface area contributed by atoms with Crippen LogP contribution in [0.5, 0.6) is 0 Å². The summed E-state index contributed by atoms with van der Waals surface area (Å²) in [5.74, 6) is 0.463. The molecule has 0 N–H and O–H groups in total. The van der Waals surface area contributed by atoms with Crippen LogP contribution < -0.4 is 0 Å². The highest BCUT2D eigenvalue weighted by atomic mass is 16.6.